The summed E-state index contributed by atoms with van der Waals surface area (Å²) in [6.07, 6.45) is 3.28. The van der Waals surface area contributed by atoms with E-state index in [-0.39, 0.29) is 23.4 Å². The van der Waals surface area contributed by atoms with Crippen LogP contribution in [0.5, 0.6) is 5.75 Å². The third kappa shape index (κ3) is 3.40. The van der Waals surface area contributed by atoms with Gasteiger partial charge in [-0.15, -0.1) is 0 Å². The molecule has 1 saturated carbocycles. The molecule has 1 unspecified atom stereocenters. The number of rotatable bonds is 5. The number of cyclic esters (lactones) is 1. The van der Waals surface area contributed by atoms with E-state index in [0.29, 0.717) is 48.9 Å². The van der Waals surface area contributed by atoms with E-state index in [2.05, 4.69) is 21.8 Å². The molecule has 9 heteroatoms. The molecular weight excluding hydrogens is 384 g/mol. The summed E-state index contributed by atoms with van der Waals surface area (Å²) in [4.78, 5) is 24.3. The second kappa shape index (κ2) is 6.86. The van der Waals surface area contributed by atoms with Crippen molar-refractivity contribution in [2.45, 2.75) is 31.4 Å². The maximum atomic E-state index is 11.7. The highest BCUT2D eigenvalue weighted by atomic mass is 16.6. The first-order valence-corrected chi connectivity index (χ1v) is 10.1. The lowest BCUT2D eigenvalue weighted by Gasteiger charge is -2.36. The van der Waals surface area contributed by atoms with Crippen LogP contribution in [0, 0.1) is 5.41 Å². The van der Waals surface area contributed by atoms with Crippen LogP contribution in [0.4, 0.5) is 16.3 Å². The van der Waals surface area contributed by atoms with Gasteiger partial charge in [-0.2, -0.15) is 0 Å². The minimum atomic E-state index is -0.248. The van der Waals surface area contributed by atoms with Gasteiger partial charge in [-0.05, 0) is 38.0 Å². The van der Waals surface area contributed by atoms with E-state index in [1.165, 1.54) is 6.33 Å². The van der Waals surface area contributed by atoms with Crippen molar-refractivity contribution in [3.63, 3.8) is 0 Å². The van der Waals surface area contributed by atoms with Gasteiger partial charge in [0.05, 0.1) is 17.4 Å². The lowest BCUT2D eigenvalue weighted by atomic mass is 10.0. The van der Waals surface area contributed by atoms with Crippen LogP contribution in [-0.2, 0) is 4.74 Å². The number of piperazine rings is 1. The molecule has 9 nitrogen and oxygen atoms in total. The minimum absolute atomic E-state index is 0.0254. The zero-order chi connectivity index (χ0) is 20.9. The number of amides is 1. The molecule has 1 aromatic carbocycles. The molecular formula is C21H24N6O3. The van der Waals surface area contributed by atoms with E-state index in [1.54, 1.807) is 17.0 Å². The zero-order valence-corrected chi connectivity index (χ0v) is 16.8. The molecule has 2 saturated heterocycles. The first kappa shape index (κ1) is 18.7. The zero-order valence-electron chi connectivity index (χ0n) is 16.8. The maximum absolute atomic E-state index is 11.7. The van der Waals surface area contributed by atoms with Gasteiger partial charge in [0.1, 0.15) is 30.1 Å². The fraction of sp³-hybridized carbons (Fsp3) is 0.429. The Bertz CT molecular complexity index is 1020. The van der Waals surface area contributed by atoms with Gasteiger partial charge in [0.2, 0.25) is 0 Å². The SMILES string of the molecule is CC1(Oc2ccc(N)c(C(=N)c3cc(N4CCN5C(=O)OCC5C4)ncn3)c2)CC1. The Morgan fingerprint density at radius 2 is 2.13 bits per heavy atom. The maximum Gasteiger partial charge on any atom is 0.410 e. The number of nitrogen functional groups attached to an aromatic ring is 1. The van der Waals surface area contributed by atoms with Crippen molar-refractivity contribution in [3.8, 4) is 5.75 Å². The van der Waals surface area contributed by atoms with E-state index in [4.69, 9.17) is 20.6 Å². The molecule has 0 radical (unpaired) electrons. The van der Waals surface area contributed by atoms with Crippen molar-refractivity contribution in [1.29, 1.82) is 5.41 Å². The Balaban J connectivity index is 1.37. The quantitative estimate of drug-likeness (QED) is 0.574. The second-order valence-electron chi connectivity index (χ2n) is 8.31. The van der Waals surface area contributed by atoms with Gasteiger partial charge in [0.25, 0.3) is 0 Å². The number of fused-ring (bicyclic) bond motifs is 1. The number of nitrogens with one attached hydrogen (secondary N) is 1. The number of nitrogens with zero attached hydrogens (tertiary/aromatic N) is 4. The van der Waals surface area contributed by atoms with Crippen LogP contribution in [0.25, 0.3) is 0 Å². The molecule has 1 amide bonds. The third-order valence-electron chi connectivity index (χ3n) is 5.96. The van der Waals surface area contributed by atoms with Crippen molar-refractivity contribution in [3.05, 3.63) is 41.9 Å². The van der Waals surface area contributed by atoms with Crippen molar-refractivity contribution < 1.29 is 14.3 Å². The Morgan fingerprint density at radius 1 is 1.30 bits per heavy atom. The lowest BCUT2D eigenvalue weighted by Crippen LogP contribution is -2.52. The van der Waals surface area contributed by atoms with Gasteiger partial charge in [-0.1, -0.05) is 0 Å². The largest absolute Gasteiger partial charge is 0.488 e. The summed E-state index contributed by atoms with van der Waals surface area (Å²) in [5.41, 5.74) is 7.85. The normalized spacial score (nSPS) is 21.8. The Hall–Kier alpha value is -3.36. The van der Waals surface area contributed by atoms with Crippen molar-refractivity contribution in [2.24, 2.45) is 0 Å². The molecule has 1 aromatic heterocycles. The third-order valence-corrected chi connectivity index (χ3v) is 5.96. The first-order valence-electron chi connectivity index (χ1n) is 10.1. The second-order valence-corrected chi connectivity index (χ2v) is 8.31. The number of carbonyl (C=O) groups is 1. The summed E-state index contributed by atoms with van der Waals surface area (Å²) in [5.74, 6) is 1.43. The van der Waals surface area contributed by atoms with Crippen molar-refractivity contribution in [2.75, 3.05) is 36.9 Å². The van der Waals surface area contributed by atoms with Crippen LogP contribution in [0.2, 0.25) is 0 Å². The summed E-state index contributed by atoms with van der Waals surface area (Å²) in [5, 5.41) is 8.69. The molecule has 3 heterocycles. The number of hydrogen-bond acceptors (Lipinski definition) is 8. The van der Waals surface area contributed by atoms with Gasteiger partial charge in [0, 0.05) is 37.0 Å². The standard InChI is InChI=1S/C21H24N6O3/c1-21(4-5-21)30-14-2-3-16(22)15(8-14)19(23)17-9-18(25-12-24-17)26-6-7-27-13(10-26)11-29-20(27)28/h2-3,8-9,12-13,23H,4-7,10-11,22H2,1H3. The number of carbonyl (C=O) groups excluding carboxylic acids is 1. The van der Waals surface area contributed by atoms with Gasteiger partial charge >= 0.3 is 6.09 Å². The van der Waals surface area contributed by atoms with E-state index in [9.17, 15) is 4.79 Å². The first-order chi connectivity index (χ1) is 14.4. The summed E-state index contributed by atoms with van der Waals surface area (Å²) in [7, 11) is 0. The molecule has 1 aliphatic carbocycles. The van der Waals surface area contributed by atoms with E-state index in [0.717, 1.165) is 18.7 Å². The summed E-state index contributed by atoms with van der Waals surface area (Å²) < 4.78 is 11.2. The highest BCUT2D eigenvalue weighted by Gasteiger charge is 2.40. The molecule has 1 atom stereocenters. The minimum Gasteiger partial charge on any atom is -0.488 e. The summed E-state index contributed by atoms with van der Waals surface area (Å²) in [6, 6.07) is 7.24. The molecule has 2 aromatic rings. The van der Waals surface area contributed by atoms with E-state index < -0.39 is 0 Å². The van der Waals surface area contributed by atoms with Gasteiger partial charge in [0.15, 0.2) is 0 Å². The van der Waals surface area contributed by atoms with Crippen molar-refractivity contribution >= 4 is 23.3 Å². The Morgan fingerprint density at radius 3 is 2.93 bits per heavy atom. The summed E-state index contributed by atoms with van der Waals surface area (Å²) in [6.45, 7) is 4.35. The monoisotopic (exact) mass is 408 g/mol. The lowest BCUT2D eigenvalue weighted by molar-refractivity contribution is 0.157. The Labute approximate surface area is 174 Å². The number of anilines is 2. The predicted octanol–water partition coefficient (Wildman–Crippen LogP) is 2.05. The fourth-order valence-corrected chi connectivity index (χ4v) is 3.87. The molecule has 30 heavy (non-hydrogen) atoms. The van der Waals surface area contributed by atoms with E-state index >= 15 is 0 Å². The number of nitrogens with two attached hydrogens (primary N) is 1. The van der Waals surface area contributed by atoms with Gasteiger partial charge in [-0.25, -0.2) is 14.8 Å². The highest BCUT2D eigenvalue weighted by Crippen LogP contribution is 2.40. The summed E-state index contributed by atoms with van der Waals surface area (Å²) >= 11 is 0. The highest BCUT2D eigenvalue weighted by molar-refractivity contribution is 6.13. The molecule has 3 N–H and O–H groups in total. The molecule has 3 aliphatic rings. The van der Waals surface area contributed by atoms with Crippen LogP contribution in [-0.4, -0.2) is 64.6 Å². The molecule has 0 bridgehead atoms. The van der Waals surface area contributed by atoms with Crippen LogP contribution >= 0.6 is 0 Å². The average molecular weight is 408 g/mol. The number of ether oxygens (including phenoxy) is 2. The fourth-order valence-electron chi connectivity index (χ4n) is 3.87. The molecule has 156 valence electrons. The Kier molecular flexibility index (Phi) is 4.27. The van der Waals surface area contributed by atoms with Crippen LogP contribution in [0.1, 0.15) is 31.0 Å². The number of hydrogen-bond donors (Lipinski definition) is 2. The topological polar surface area (TPSA) is 118 Å². The van der Waals surface area contributed by atoms with Crippen LogP contribution < -0.4 is 15.4 Å². The predicted molar refractivity (Wildman–Crippen MR) is 111 cm³/mol. The number of benzene rings is 1. The number of aromatic nitrogens is 2. The molecule has 2 aliphatic heterocycles. The van der Waals surface area contributed by atoms with Crippen LogP contribution in [0.3, 0.4) is 0 Å². The van der Waals surface area contributed by atoms with Gasteiger partial charge in [-0.3, -0.25) is 10.3 Å². The van der Waals surface area contributed by atoms with Crippen LogP contribution in [0.15, 0.2) is 30.6 Å². The smallest absolute Gasteiger partial charge is 0.410 e. The van der Waals surface area contributed by atoms with Crippen molar-refractivity contribution in [1.82, 2.24) is 14.9 Å². The molecule has 5 rings (SSSR count). The average Bonchev–Trinajstić information content (AvgIpc) is 3.37. The van der Waals surface area contributed by atoms with Gasteiger partial charge < -0.3 is 20.1 Å². The molecule has 0 spiro atoms. The molecule has 3 fully saturated rings. The van der Waals surface area contributed by atoms with E-state index in [1.807, 2.05) is 12.1 Å².